The third-order valence-corrected chi connectivity index (χ3v) is 7.04. The smallest absolute Gasteiger partial charge is 0.418 e. The number of rotatable bonds is 10. The van der Waals surface area contributed by atoms with E-state index >= 15 is 0 Å². The number of imidazole rings is 1. The molecule has 2 aromatic heterocycles. The van der Waals surface area contributed by atoms with Gasteiger partial charge in [-0.2, -0.15) is 31.3 Å². The molecule has 2 amide bonds. The first-order valence-electron chi connectivity index (χ1n) is 13.6. The van der Waals surface area contributed by atoms with Crippen LogP contribution in [0.1, 0.15) is 54.1 Å². The highest BCUT2D eigenvalue weighted by atomic mass is 19.4. The summed E-state index contributed by atoms with van der Waals surface area (Å²) in [5.41, 5.74) is -1.90. The number of anilines is 2. The molecule has 0 radical (unpaired) electrons. The molecule has 0 bridgehead atoms. The van der Waals surface area contributed by atoms with Gasteiger partial charge in [-0.25, -0.2) is 13.8 Å². The normalized spacial score (nSPS) is 18.1. The molecule has 0 saturated heterocycles. The Morgan fingerprint density at radius 1 is 1.07 bits per heavy atom. The van der Waals surface area contributed by atoms with Crippen molar-refractivity contribution in [3.05, 3.63) is 41.0 Å². The number of H-pyrrole nitrogens is 1. The number of aromatic nitrogens is 3. The van der Waals surface area contributed by atoms with Crippen molar-refractivity contribution >= 4 is 34.6 Å². The summed E-state index contributed by atoms with van der Waals surface area (Å²) in [7, 11) is 0. The summed E-state index contributed by atoms with van der Waals surface area (Å²) in [6, 6.07) is 3.46. The molecule has 0 aliphatic heterocycles. The van der Waals surface area contributed by atoms with Gasteiger partial charge in [-0.1, -0.05) is 6.07 Å². The number of alkyl halides is 8. The molecule has 0 spiro atoms. The molecule has 1 saturated carbocycles. The van der Waals surface area contributed by atoms with Crippen LogP contribution in [0.2, 0.25) is 0 Å². The van der Waals surface area contributed by atoms with Gasteiger partial charge in [-0.05, 0) is 56.4 Å². The molecule has 246 valence electrons. The number of aromatic amines is 1. The van der Waals surface area contributed by atoms with Crippen molar-refractivity contribution in [3.63, 3.8) is 0 Å². The number of aliphatic hydroxyl groups excluding tert-OH is 1. The van der Waals surface area contributed by atoms with Crippen LogP contribution in [0.25, 0.3) is 11.2 Å². The van der Waals surface area contributed by atoms with Gasteiger partial charge in [-0.3, -0.25) is 9.59 Å². The molecule has 5 N–H and O–H groups in total. The molecule has 1 aromatic carbocycles. The lowest BCUT2D eigenvalue weighted by molar-refractivity contribution is -0.182. The first kappa shape index (κ1) is 33.7. The number of aliphatic hydroxyl groups is 1. The summed E-state index contributed by atoms with van der Waals surface area (Å²) in [6.45, 7) is -0.145. The number of carbonyl (C=O) groups is 2. The highest BCUT2D eigenvalue weighted by molar-refractivity contribution is 5.99. The Labute approximate surface area is 249 Å². The predicted octanol–water partition coefficient (Wildman–Crippen LogP) is 5.21. The van der Waals surface area contributed by atoms with Crippen molar-refractivity contribution in [2.75, 3.05) is 11.9 Å². The first-order chi connectivity index (χ1) is 21.0. The second kappa shape index (κ2) is 13.4. The lowest BCUT2D eigenvalue weighted by Crippen LogP contribution is -2.40. The van der Waals surface area contributed by atoms with Crippen molar-refractivity contribution in [1.29, 1.82) is 0 Å². The van der Waals surface area contributed by atoms with Crippen molar-refractivity contribution in [2.45, 2.75) is 70.1 Å². The molecular weight excluding hydrogens is 624 g/mol. The Hall–Kier alpha value is -4.22. The van der Waals surface area contributed by atoms with E-state index in [4.69, 9.17) is 4.74 Å². The molecule has 1 aliphatic rings. The standard InChI is InChI=1S/C27H28F8N6O4/c1-12(42)22(43)36-10-13-2-7-17(27(33,34)35)18(8-13)38-25-39-19-9-16(24(40-21(19)41-25)45-11-20(28)29)23(44)37-15-5-3-14(4-6-15)26(30,31)32/h2,7-9,12,14-15,20,42H,3-6,10-11H2,1H3,(H,36,43)(H,37,44)(H2,38,39,40,41)/t12-,14-,15-/m0/s1. The first-order valence-corrected chi connectivity index (χ1v) is 13.6. The van der Waals surface area contributed by atoms with Crippen LogP contribution in [0.3, 0.4) is 0 Å². The minimum atomic E-state index is -4.81. The van der Waals surface area contributed by atoms with Gasteiger partial charge in [0.25, 0.3) is 12.3 Å². The molecule has 1 fully saturated rings. The van der Waals surface area contributed by atoms with Crippen LogP contribution in [0.5, 0.6) is 5.88 Å². The molecule has 4 rings (SSSR count). The number of pyridine rings is 1. The topological polar surface area (TPSA) is 141 Å². The highest BCUT2D eigenvalue weighted by Crippen LogP contribution is 2.38. The zero-order valence-electron chi connectivity index (χ0n) is 23.5. The number of hydrogen-bond acceptors (Lipinski definition) is 7. The third-order valence-electron chi connectivity index (χ3n) is 7.04. The Balaban J connectivity index is 1.60. The van der Waals surface area contributed by atoms with Gasteiger partial charge < -0.3 is 30.8 Å². The molecule has 18 heteroatoms. The van der Waals surface area contributed by atoms with Crippen molar-refractivity contribution < 1.29 is 54.6 Å². The summed E-state index contributed by atoms with van der Waals surface area (Å²) in [4.78, 5) is 35.5. The van der Waals surface area contributed by atoms with Crippen molar-refractivity contribution in [1.82, 2.24) is 25.6 Å². The maximum Gasteiger partial charge on any atom is 0.418 e. The Morgan fingerprint density at radius 3 is 2.36 bits per heavy atom. The van der Waals surface area contributed by atoms with Crippen LogP contribution < -0.4 is 20.7 Å². The van der Waals surface area contributed by atoms with Crippen LogP contribution >= 0.6 is 0 Å². The van der Waals surface area contributed by atoms with E-state index in [2.05, 4.69) is 30.9 Å². The molecule has 3 aromatic rings. The van der Waals surface area contributed by atoms with Crippen molar-refractivity contribution in [3.8, 4) is 5.88 Å². The lowest BCUT2D eigenvalue weighted by Gasteiger charge is -2.30. The number of nitrogens with one attached hydrogen (secondary N) is 4. The fraction of sp³-hybridized carbons (Fsp3) is 0.481. The SMILES string of the molecule is C[C@H](O)C(=O)NCc1ccc(C(F)(F)F)c(Nc2nc3cc(C(=O)N[C@H]4CC[C@H](C(F)(F)F)CC4)c(OCC(F)F)nc3[nH]2)c1. The number of nitrogens with zero attached hydrogens (tertiary/aromatic N) is 2. The van der Waals surface area contributed by atoms with E-state index in [1.165, 1.54) is 6.92 Å². The molecule has 1 aliphatic carbocycles. The number of amides is 2. The van der Waals surface area contributed by atoms with E-state index in [0.717, 1.165) is 24.3 Å². The van der Waals surface area contributed by atoms with Gasteiger partial charge in [0, 0.05) is 12.6 Å². The second-order valence-electron chi connectivity index (χ2n) is 10.5. The van der Waals surface area contributed by atoms with Gasteiger partial charge in [-0.15, -0.1) is 0 Å². The number of benzene rings is 1. The minimum Gasteiger partial charge on any atom is -0.471 e. The van der Waals surface area contributed by atoms with Gasteiger partial charge >= 0.3 is 12.4 Å². The molecule has 2 heterocycles. The van der Waals surface area contributed by atoms with E-state index in [1.807, 2.05) is 0 Å². The van der Waals surface area contributed by atoms with Crippen LogP contribution in [0.4, 0.5) is 46.8 Å². The zero-order valence-corrected chi connectivity index (χ0v) is 23.5. The number of carbonyl (C=O) groups excluding carboxylic acids is 2. The fourth-order valence-electron chi connectivity index (χ4n) is 4.74. The predicted molar refractivity (Wildman–Crippen MR) is 143 cm³/mol. The van der Waals surface area contributed by atoms with Gasteiger partial charge in [0.1, 0.15) is 17.2 Å². The van der Waals surface area contributed by atoms with E-state index in [1.54, 1.807) is 0 Å². The highest BCUT2D eigenvalue weighted by Gasteiger charge is 2.41. The molecule has 1 atom stereocenters. The van der Waals surface area contributed by atoms with Crippen molar-refractivity contribution in [2.24, 2.45) is 5.92 Å². The van der Waals surface area contributed by atoms with Crippen LogP contribution in [0, 0.1) is 5.92 Å². The minimum absolute atomic E-state index is 0.0264. The Kier molecular flexibility index (Phi) is 10.0. The maximum absolute atomic E-state index is 13.8. The average molecular weight is 653 g/mol. The van der Waals surface area contributed by atoms with Crippen LogP contribution in [0.15, 0.2) is 24.3 Å². The maximum atomic E-state index is 13.8. The zero-order chi connectivity index (χ0) is 33.1. The largest absolute Gasteiger partial charge is 0.471 e. The fourth-order valence-corrected chi connectivity index (χ4v) is 4.74. The summed E-state index contributed by atoms with van der Waals surface area (Å²) >= 11 is 0. The molecule has 45 heavy (non-hydrogen) atoms. The molecule has 10 nitrogen and oxygen atoms in total. The van der Waals surface area contributed by atoms with E-state index in [-0.39, 0.29) is 60.5 Å². The Bertz CT molecular complexity index is 1520. The molecular formula is C27H28F8N6O4. The average Bonchev–Trinajstić information content (AvgIpc) is 3.34. The quantitative estimate of drug-likeness (QED) is 0.189. The van der Waals surface area contributed by atoms with Gasteiger partial charge in [0.05, 0.1) is 17.2 Å². The molecule has 0 unspecified atom stereocenters. The summed E-state index contributed by atoms with van der Waals surface area (Å²) in [6.07, 6.45) is -13.8. The number of halogens is 8. The third kappa shape index (κ3) is 8.70. The van der Waals surface area contributed by atoms with E-state index in [0.29, 0.717) is 0 Å². The monoisotopic (exact) mass is 652 g/mol. The number of hydrogen-bond donors (Lipinski definition) is 5. The second-order valence-corrected chi connectivity index (χ2v) is 10.5. The number of ether oxygens (including phenoxy) is 1. The summed E-state index contributed by atoms with van der Waals surface area (Å²) in [5.74, 6) is -3.94. The Morgan fingerprint density at radius 2 is 1.76 bits per heavy atom. The van der Waals surface area contributed by atoms with E-state index < -0.39 is 72.4 Å². The van der Waals surface area contributed by atoms with E-state index in [9.17, 15) is 49.8 Å². The van der Waals surface area contributed by atoms with Crippen LogP contribution in [-0.4, -0.2) is 63.2 Å². The summed E-state index contributed by atoms with van der Waals surface area (Å²) in [5, 5.41) is 16.7. The summed E-state index contributed by atoms with van der Waals surface area (Å²) < 4.78 is 111. The van der Waals surface area contributed by atoms with Crippen LogP contribution in [-0.2, 0) is 17.5 Å². The van der Waals surface area contributed by atoms with Gasteiger partial charge in [0.2, 0.25) is 17.7 Å². The van der Waals surface area contributed by atoms with Gasteiger partial charge in [0.15, 0.2) is 12.3 Å². The number of fused-ring (bicyclic) bond motifs is 1. The lowest BCUT2D eigenvalue weighted by atomic mass is 9.85.